The largest absolute Gasteiger partial charge is 0.505 e. The number of rotatable bonds is 7. The van der Waals surface area contributed by atoms with Crippen molar-refractivity contribution in [2.24, 2.45) is 0 Å². The number of fused-ring (bicyclic) bond motifs is 1. The number of aromatic nitrogens is 2. The first-order chi connectivity index (χ1) is 18.3. The smallest absolute Gasteiger partial charge is 0.295 e. The van der Waals surface area contributed by atoms with E-state index in [4.69, 9.17) is 9.47 Å². The number of pyridine rings is 1. The number of carbonyl (C=O) groups excluding carboxylic acids is 2. The van der Waals surface area contributed by atoms with Crippen LogP contribution in [0.2, 0.25) is 0 Å². The fraction of sp³-hybridized carbons (Fsp3) is 0.233. The number of likely N-dealkylation sites (tertiary alicyclic amines) is 1. The van der Waals surface area contributed by atoms with E-state index in [9.17, 15) is 14.7 Å². The molecule has 0 bridgehead atoms. The number of methoxy groups -OCH3 is 2. The van der Waals surface area contributed by atoms with Crippen molar-refractivity contribution in [2.75, 3.05) is 20.8 Å². The van der Waals surface area contributed by atoms with Crippen LogP contribution in [0.1, 0.15) is 34.1 Å². The Labute approximate surface area is 220 Å². The van der Waals surface area contributed by atoms with E-state index in [-0.39, 0.29) is 23.6 Å². The van der Waals surface area contributed by atoms with Crippen LogP contribution in [0.3, 0.4) is 0 Å². The third kappa shape index (κ3) is 4.18. The molecule has 0 saturated carbocycles. The molecule has 1 amide bonds. The second-order valence-corrected chi connectivity index (χ2v) is 9.27. The van der Waals surface area contributed by atoms with Crippen molar-refractivity contribution < 1.29 is 24.2 Å². The summed E-state index contributed by atoms with van der Waals surface area (Å²) in [6.07, 6.45) is 2.40. The van der Waals surface area contributed by atoms with Gasteiger partial charge >= 0.3 is 0 Å². The molecule has 0 radical (unpaired) electrons. The lowest BCUT2D eigenvalue weighted by Crippen LogP contribution is -2.31. The topological polar surface area (TPSA) is 93.4 Å². The summed E-state index contributed by atoms with van der Waals surface area (Å²) in [6.45, 7) is 4.04. The van der Waals surface area contributed by atoms with Crippen molar-refractivity contribution in [2.45, 2.75) is 26.3 Å². The van der Waals surface area contributed by atoms with E-state index < -0.39 is 17.7 Å². The van der Waals surface area contributed by atoms with E-state index in [1.165, 1.54) is 19.1 Å². The van der Waals surface area contributed by atoms with Gasteiger partial charge in [-0.15, -0.1) is 0 Å². The fourth-order valence-electron chi connectivity index (χ4n) is 5.05. The maximum atomic E-state index is 13.5. The highest BCUT2D eigenvalue weighted by Gasteiger charge is 2.46. The van der Waals surface area contributed by atoms with Crippen molar-refractivity contribution in [3.8, 4) is 11.5 Å². The predicted octanol–water partition coefficient (Wildman–Crippen LogP) is 4.63. The van der Waals surface area contributed by atoms with E-state index in [1.807, 2.05) is 66.9 Å². The zero-order valence-electron chi connectivity index (χ0n) is 21.8. The van der Waals surface area contributed by atoms with Crippen LogP contribution in [-0.2, 0) is 16.0 Å². The Morgan fingerprint density at radius 3 is 2.39 bits per heavy atom. The molecular formula is C30H29N3O5. The number of aliphatic hydroxyl groups is 1. The molecule has 1 fully saturated rings. The monoisotopic (exact) mass is 511 g/mol. The van der Waals surface area contributed by atoms with Gasteiger partial charge in [0.2, 0.25) is 0 Å². The number of ketones is 1. The minimum atomic E-state index is -0.830. The summed E-state index contributed by atoms with van der Waals surface area (Å²) in [6, 6.07) is 18.0. The Kier molecular flexibility index (Phi) is 6.63. The first kappa shape index (κ1) is 25.1. The van der Waals surface area contributed by atoms with Gasteiger partial charge in [-0.3, -0.25) is 9.59 Å². The van der Waals surface area contributed by atoms with Crippen molar-refractivity contribution in [1.29, 1.82) is 0 Å². The molecule has 1 unspecified atom stereocenters. The number of hydrogen-bond donors (Lipinski definition) is 1. The Bertz CT molecular complexity index is 1570. The van der Waals surface area contributed by atoms with Gasteiger partial charge in [0.25, 0.3) is 11.7 Å². The minimum Gasteiger partial charge on any atom is -0.505 e. The lowest BCUT2D eigenvalue weighted by Gasteiger charge is -2.26. The number of amides is 1. The maximum absolute atomic E-state index is 13.5. The molecular weight excluding hydrogens is 482 g/mol. The molecule has 38 heavy (non-hydrogen) atoms. The van der Waals surface area contributed by atoms with E-state index in [0.29, 0.717) is 34.8 Å². The fourth-order valence-corrected chi connectivity index (χ4v) is 5.05. The van der Waals surface area contributed by atoms with Crippen LogP contribution in [0.4, 0.5) is 0 Å². The Morgan fingerprint density at radius 2 is 1.71 bits per heavy atom. The van der Waals surface area contributed by atoms with Gasteiger partial charge in [-0.25, -0.2) is 4.98 Å². The number of Topliss-reactive ketones (excluding diaryl/α,β-unsaturated/α-hetero) is 1. The summed E-state index contributed by atoms with van der Waals surface area (Å²) in [5.74, 6) is -0.739. The Morgan fingerprint density at radius 1 is 0.974 bits per heavy atom. The van der Waals surface area contributed by atoms with Gasteiger partial charge in [0.05, 0.1) is 31.5 Å². The second-order valence-electron chi connectivity index (χ2n) is 9.27. The van der Waals surface area contributed by atoms with E-state index in [2.05, 4.69) is 4.98 Å². The molecule has 4 aromatic rings. The molecule has 194 valence electrons. The summed E-state index contributed by atoms with van der Waals surface area (Å²) in [5, 5.41) is 11.6. The SMILES string of the molecule is COc1ccc(C2/C(=C(\O)c3nc4c(C)cccn4c3C)C(=O)C(=O)N2CCc2ccccc2)cc1OC. The highest BCUT2D eigenvalue weighted by atomic mass is 16.5. The van der Waals surface area contributed by atoms with E-state index in [0.717, 1.165) is 11.1 Å². The summed E-state index contributed by atoms with van der Waals surface area (Å²) >= 11 is 0. The highest BCUT2D eigenvalue weighted by molar-refractivity contribution is 6.46. The quantitative estimate of drug-likeness (QED) is 0.221. The van der Waals surface area contributed by atoms with Crippen molar-refractivity contribution in [3.05, 3.63) is 101 Å². The molecule has 0 spiro atoms. The normalized spacial score (nSPS) is 16.8. The lowest BCUT2D eigenvalue weighted by molar-refractivity contribution is -0.139. The van der Waals surface area contributed by atoms with Gasteiger partial charge in [0.15, 0.2) is 17.3 Å². The molecule has 1 saturated heterocycles. The van der Waals surface area contributed by atoms with E-state index >= 15 is 0 Å². The second kappa shape index (κ2) is 10.0. The van der Waals surface area contributed by atoms with Crippen molar-refractivity contribution in [3.63, 3.8) is 0 Å². The van der Waals surface area contributed by atoms with Crippen LogP contribution in [0, 0.1) is 13.8 Å². The average molecular weight is 512 g/mol. The molecule has 0 aliphatic carbocycles. The molecule has 2 aromatic carbocycles. The van der Waals surface area contributed by atoms with Crippen LogP contribution < -0.4 is 9.47 Å². The third-order valence-corrected chi connectivity index (χ3v) is 7.06. The third-order valence-electron chi connectivity index (χ3n) is 7.06. The van der Waals surface area contributed by atoms with Crippen LogP contribution >= 0.6 is 0 Å². The van der Waals surface area contributed by atoms with E-state index in [1.54, 1.807) is 18.2 Å². The highest BCUT2D eigenvalue weighted by Crippen LogP contribution is 2.42. The van der Waals surface area contributed by atoms with Gasteiger partial charge < -0.3 is 23.9 Å². The summed E-state index contributed by atoms with van der Waals surface area (Å²) in [4.78, 5) is 33.1. The number of ether oxygens (including phenoxy) is 2. The summed E-state index contributed by atoms with van der Waals surface area (Å²) in [5.41, 5.74) is 4.19. The molecule has 1 aliphatic rings. The molecule has 1 N–H and O–H groups in total. The zero-order valence-corrected chi connectivity index (χ0v) is 21.8. The molecule has 3 heterocycles. The van der Waals surface area contributed by atoms with Gasteiger partial charge in [-0.05, 0) is 55.2 Å². The molecule has 5 rings (SSSR count). The molecule has 8 nitrogen and oxygen atoms in total. The number of carbonyl (C=O) groups is 2. The van der Waals surface area contributed by atoms with Gasteiger partial charge in [-0.1, -0.05) is 42.5 Å². The van der Waals surface area contributed by atoms with Gasteiger partial charge in [0.1, 0.15) is 11.3 Å². The van der Waals surface area contributed by atoms with Gasteiger partial charge in [0, 0.05) is 12.7 Å². The summed E-state index contributed by atoms with van der Waals surface area (Å²) in [7, 11) is 3.06. The first-order valence-electron chi connectivity index (χ1n) is 12.3. The number of aryl methyl sites for hydroxylation is 2. The molecule has 1 aliphatic heterocycles. The maximum Gasteiger partial charge on any atom is 0.295 e. The lowest BCUT2D eigenvalue weighted by atomic mass is 9.95. The number of imidazole rings is 1. The van der Waals surface area contributed by atoms with Crippen LogP contribution in [0.25, 0.3) is 11.4 Å². The first-order valence-corrected chi connectivity index (χ1v) is 12.3. The molecule has 8 heteroatoms. The standard InChI is InChI=1S/C30H29N3O5/c1-18-9-8-15-32-19(2)25(31-29(18)32)27(34)24-26(21-12-13-22(37-3)23(17-21)38-4)33(30(36)28(24)35)16-14-20-10-6-5-7-11-20/h5-13,15,17,26,34H,14,16H2,1-4H3/b27-24+. The number of hydrogen-bond acceptors (Lipinski definition) is 6. The predicted molar refractivity (Wildman–Crippen MR) is 143 cm³/mol. The van der Waals surface area contributed by atoms with Crippen LogP contribution in [0.5, 0.6) is 11.5 Å². The number of benzene rings is 2. The number of nitrogens with zero attached hydrogens (tertiary/aromatic N) is 3. The van der Waals surface area contributed by atoms with Gasteiger partial charge in [-0.2, -0.15) is 0 Å². The average Bonchev–Trinajstić information content (AvgIpc) is 3.41. The minimum absolute atomic E-state index is 0.000518. The van der Waals surface area contributed by atoms with Crippen molar-refractivity contribution >= 4 is 23.1 Å². The summed E-state index contributed by atoms with van der Waals surface area (Å²) < 4.78 is 12.7. The zero-order chi connectivity index (χ0) is 27.0. The van der Waals surface area contributed by atoms with Crippen LogP contribution in [0.15, 0.2) is 72.4 Å². The Hall–Kier alpha value is -4.59. The van der Waals surface area contributed by atoms with Crippen LogP contribution in [-0.4, -0.2) is 51.8 Å². The number of aliphatic hydroxyl groups excluding tert-OH is 1. The van der Waals surface area contributed by atoms with Crippen molar-refractivity contribution in [1.82, 2.24) is 14.3 Å². The molecule has 1 atom stereocenters. The molecule has 2 aromatic heterocycles. The Balaban J connectivity index is 1.67.